The van der Waals surface area contributed by atoms with E-state index >= 15 is 0 Å². The van der Waals surface area contributed by atoms with Crippen LogP contribution in [-0.2, 0) is 19.6 Å². The second kappa shape index (κ2) is 7.22. The molecular weight excluding hydrogens is 296 g/mol. The molecule has 1 aliphatic carbocycles. The normalized spacial score (nSPS) is 16.8. The first-order chi connectivity index (χ1) is 9.60. The highest BCUT2D eigenvalue weighted by Crippen LogP contribution is 2.28. The van der Waals surface area contributed by atoms with Crippen molar-refractivity contribution in [2.24, 2.45) is 5.92 Å². The Bertz CT molecular complexity index is 485. The molecule has 0 heterocycles. The molecule has 1 atom stereocenters. The average Bonchev–Trinajstić information content (AvgIpc) is 3.09. The first-order valence-corrected chi connectivity index (χ1v) is 8.99. The average molecular weight is 320 g/mol. The number of carbonyl (C=O) groups excluding carboxylic acids is 1. The fraction of sp³-hybridized carbons (Fsp3) is 0.846. The molecule has 21 heavy (non-hydrogen) atoms. The van der Waals surface area contributed by atoms with Crippen LogP contribution in [0.1, 0.15) is 39.5 Å². The Morgan fingerprint density at radius 2 is 1.90 bits per heavy atom. The van der Waals surface area contributed by atoms with E-state index < -0.39 is 22.0 Å². The predicted octanol–water partition coefficient (Wildman–Crippen LogP) is 0.416. The lowest BCUT2D eigenvalue weighted by molar-refractivity contribution is -0.139. The Morgan fingerprint density at radius 3 is 2.29 bits per heavy atom. The van der Waals surface area contributed by atoms with Crippen LogP contribution in [0.15, 0.2) is 0 Å². The monoisotopic (exact) mass is 320 g/mol. The molecule has 1 saturated carbocycles. The minimum Gasteiger partial charge on any atom is -0.481 e. The molecule has 0 radical (unpaired) electrons. The van der Waals surface area contributed by atoms with Crippen molar-refractivity contribution in [1.29, 1.82) is 0 Å². The molecule has 122 valence electrons. The molecule has 1 rings (SSSR count). The smallest absolute Gasteiger partial charge is 0.305 e. The summed E-state index contributed by atoms with van der Waals surface area (Å²) in [4.78, 5) is 24.8. The van der Waals surface area contributed by atoms with E-state index in [4.69, 9.17) is 5.11 Å². The van der Waals surface area contributed by atoms with Crippen molar-refractivity contribution in [2.75, 3.05) is 12.8 Å². The van der Waals surface area contributed by atoms with Crippen molar-refractivity contribution >= 4 is 21.9 Å². The molecule has 0 saturated heterocycles. The number of carboxylic acids is 1. The van der Waals surface area contributed by atoms with Gasteiger partial charge in [-0.25, -0.2) is 13.1 Å². The van der Waals surface area contributed by atoms with Crippen LogP contribution < -0.4 is 4.72 Å². The first-order valence-electron chi connectivity index (χ1n) is 7.09. The lowest BCUT2D eigenvalue weighted by Crippen LogP contribution is -2.50. The highest BCUT2D eigenvalue weighted by molar-refractivity contribution is 7.88. The molecule has 0 aromatic rings. The Balaban J connectivity index is 2.81. The Hall–Kier alpha value is -1.15. The maximum atomic E-state index is 12.6. The molecule has 2 N–H and O–H groups in total. The molecule has 8 heteroatoms. The van der Waals surface area contributed by atoms with Crippen LogP contribution in [0.3, 0.4) is 0 Å². The number of nitrogens with zero attached hydrogens (tertiary/aromatic N) is 1. The Kier molecular flexibility index (Phi) is 6.15. The lowest BCUT2D eigenvalue weighted by atomic mass is 10.0. The van der Waals surface area contributed by atoms with E-state index in [9.17, 15) is 18.0 Å². The zero-order chi connectivity index (χ0) is 16.2. The van der Waals surface area contributed by atoms with Gasteiger partial charge in [0.2, 0.25) is 15.9 Å². The van der Waals surface area contributed by atoms with Crippen molar-refractivity contribution in [2.45, 2.75) is 51.6 Å². The highest BCUT2D eigenvalue weighted by atomic mass is 32.2. The molecule has 1 amide bonds. The van der Waals surface area contributed by atoms with Crippen LogP contribution in [0.2, 0.25) is 0 Å². The summed E-state index contributed by atoms with van der Waals surface area (Å²) in [6, 6.07) is -0.776. The van der Waals surface area contributed by atoms with Crippen molar-refractivity contribution < 1.29 is 23.1 Å². The van der Waals surface area contributed by atoms with Crippen LogP contribution in [0.25, 0.3) is 0 Å². The van der Waals surface area contributed by atoms with Crippen LogP contribution >= 0.6 is 0 Å². The minimum atomic E-state index is -3.50. The maximum Gasteiger partial charge on any atom is 0.305 e. The Morgan fingerprint density at radius 1 is 1.33 bits per heavy atom. The SMILES string of the molecule is CC(C)CC(NS(C)(=O)=O)C(=O)N(CCC(=O)O)C1CC1. The quantitative estimate of drug-likeness (QED) is 0.640. The molecule has 7 nitrogen and oxygen atoms in total. The van der Waals surface area contributed by atoms with Gasteiger partial charge in [-0.15, -0.1) is 0 Å². The van der Waals surface area contributed by atoms with E-state index in [0.29, 0.717) is 6.42 Å². The predicted molar refractivity (Wildman–Crippen MR) is 78.2 cm³/mol. The minimum absolute atomic E-state index is 0.0490. The van der Waals surface area contributed by atoms with Gasteiger partial charge < -0.3 is 10.0 Å². The lowest BCUT2D eigenvalue weighted by Gasteiger charge is -2.28. The van der Waals surface area contributed by atoms with E-state index in [-0.39, 0.29) is 30.8 Å². The largest absolute Gasteiger partial charge is 0.481 e. The van der Waals surface area contributed by atoms with Crippen LogP contribution in [0.4, 0.5) is 0 Å². The number of nitrogens with one attached hydrogen (secondary N) is 1. The molecule has 1 unspecified atom stereocenters. The van der Waals surface area contributed by atoms with Gasteiger partial charge in [0.1, 0.15) is 6.04 Å². The van der Waals surface area contributed by atoms with E-state index in [0.717, 1.165) is 19.1 Å². The standard InChI is InChI=1S/C13H24N2O5S/c1-9(2)8-11(14-21(3,19)20)13(18)15(10-4-5-10)7-6-12(16)17/h9-11,14H,4-8H2,1-3H3,(H,16,17). The second-order valence-corrected chi connectivity index (χ2v) is 7.76. The number of aliphatic carboxylic acids is 1. The maximum absolute atomic E-state index is 12.6. The third-order valence-electron chi connectivity index (χ3n) is 3.20. The zero-order valence-corrected chi connectivity index (χ0v) is 13.5. The van der Waals surface area contributed by atoms with E-state index in [2.05, 4.69) is 4.72 Å². The summed E-state index contributed by atoms with van der Waals surface area (Å²) in [5.74, 6) is -1.14. The van der Waals surface area contributed by atoms with E-state index in [1.54, 1.807) is 0 Å². The van der Waals surface area contributed by atoms with Gasteiger partial charge in [-0.1, -0.05) is 13.8 Å². The number of rotatable bonds is 9. The van der Waals surface area contributed by atoms with Crippen LogP contribution in [0.5, 0.6) is 0 Å². The van der Waals surface area contributed by atoms with Crippen molar-refractivity contribution in [1.82, 2.24) is 9.62 Å². The first kappa shape index (κ1) is 17.9. The summed E-state index contributed by atoms with van der Waals surface area (Å²) in [6.45, 7) is 3.94. The number of sulfonamides is 1. The topological polar surface area (TPSA) is 104 Å². The fourth-order valence-corrected chi connectivity index (χ4v) is 2.92. The summed E-state index contributed by atoms with van der Waals surface area (Å²) in [6.07, 6.45) is 2.97. The fourth-order valence-electron chi connectivity index (χ4n) is 2.20. The van der Waals surface area contributed by atoms with Crippen molar-refractivity contribution in [3.05, 3.63) is 0 Å². The van der Waals surface area contributed by atoms with Gasteiger partial charge in [0, 0.05) is 12.6 Å². The third-order valence-corrected chi connectivity index (χ3v) is 3.91. The number of hydrogen-bond donors (Lipinski definition) is 2. The third kappa shape index (κ3) is 6.90. The summed E-state index contributed by atoms with van der Waals surface area (Å²) in [5, 5.41) is 8.77. The molecule has 0 aromatic heterocycles. The van der Waals surface area contributed by atoms with Gasteiger partial charge in [0.25, 0.3) is 0 Å². The van der Waals surface area contributed by atoms with Gasteiger partial charge in [0.15, 0.2) is 0 Å². The molecule has 0 aromatic carbocycles. The Labute approximate surface area is 125 Å². The highest BCUT2D eigenvalue weighted by Gasteiger charge is 2.36. The van der Waals surface area contributed by atoms with Crippen LogP contribution in [0, 0.1) is 5.92 Å². The van der Waals surface area contributed by atoms with Gasteiger partial charge in [-0.3, -0.25) is 9.59 Å². The number of carbonyl (C=O) groups is 2. The van der Waals surface area contributed by atoms with Gasteiger partial charge in [0.05, 0.1) is 12.7 Å². The van der Waals surface area contributed by atoms with Crippen LogP contribution in [-0.4, -0.2) is 55.2 Å². The molecule has 0 bridgehead atoms. The van der Waals surface area contributed by atoms with Gasteiger partial charge in [-0.2, -0.15) is 0 Å². The zero-order valence-electron chi connectivity index (χ0n) is 12.7. The molecule has 1 fully saturated rings. The number of carboxylic acid groups (broad SMARTS) is 1. The van der Waals surface area contributed by atoms with Crippen molar-refractivity contribution in [3.63, 3.8) is 0 Å². The number of amides is 1. The van der Waals surface area contributed by atoms with E-state index in [1.807, 2.05) is 13.8 Å². The molecule has 0 aliphatic heterocycles. The summed E-state index contributed by atoms with van der Waals surface area (Å²) in [7, 11) is -3.50. The van der Waals surface area contributed by atoms with Gasteiger partial charge >= 0.3 is 5.97 Å². The molecule has 1 aliphatic rings. The number of hydrogen-bond acceptors (Lipinski definition) is 4. The second-order valence-electron chi connectivity index (χ2n) is 5.98. The summed E-state index contributed by atoms with van der Waals surface area (Å²) < 4.78 is 25.2. The molecular formula is C13H24N2O5S. The summed E-state index contributed by atoms with van der Waals surface area (Å²) in [5.41, 5.74) is 0. The summed E-state index contributed by atoms with van der Waals surface area (Å²) >= 11 is 0. The van der Waals surface area contributed by atoms with Gasteiger partial charge in [-0.05, 0) is 25.2 Å². The van der Waals surface area contributed by atoms with Crippen molar-refractivity contribution in [3.8, 4) is 0 Å². The molecule has 0 spiro atoms. The van der Waals surface area contributed by atoms with E-state index in [1.165, 1.54) is 4.90 Å².